The summed E-state index contributed by atoms with van der Waals surface area (Å²) in [5, 5.41) is 1.92. The van der Waals surface area contributed by atoms with E-state index in [0.717, 1.165) is 61.0 Å². The highest BCUT2D eigenvalue weighted by molar-refractivity contribution is 6.10. The first kappa shape index (κ1) is 29.6. The molecule has 0 fully saturated rings. The number of carbonyl (C=O) groups excluding carboxylic acids is 3. The maximum atomic E-state index is 11.6. The van der Waals surface area contributed by atoms with Crippen molar-refractivity contribution in [2.75, 3.05) is 5.73 Å². The van der Waals surface area contributed by atoms with Crippen LogP contribution in [-0.2, 0) is 11.2 Å². The number of aryl methyl sites for hydroxylation is 2. The van der Waals surface area contributed by atoms with E-state index in [0.29, 0.717) is 23.2 Å². The van der Waals surface area contributed by atoms with E-state index in [-0.39, 0.29) is 5.78 Å². The Labute approximate surface area is 254 Å². The molecule has 0 bridgehead atoms. The average Bonchev–Trinajstić information content (AvgIpc) is 3.57. The molecule has 6 aromatic rings. The number of hydrogen-bond donors (Lipinski definition) is 5. The quantitative estimate of drug-likeness (QED) is 0.109. The molecule has 0 aliphatic carbocycles. The van der Waals surface area contributed by atoms with Crippen LogP contribution in [-0.4, -0.2) is 27.6 Å². The van der Waals surface area contributed by atoms with Crippen LogP contribution >= 0.6 is 0 Å². The third-order valence-electron chi connectivity index (χ3n) is 7.43. The summed E-state index contributed by atoms with van der Waals surface area (Å²) >= 11 is 0. The first-order chi connectivity index (χ1) is 21.0. The van der Waals surface area contributed by atoms with Gasteiger partial charge in [0.25, 0.3) is 11.8 Å². The lowest BCUT2D eigenvalue weighted by Crippen LogP contribution is -2.11. The van der Waals surface area contributed by atoms with Gasteiger partial charge in [-0.15, -0.1) is 0 Å². The van der Waals surface area contributed by atoms with E-state index in [2.05, 4.69) is 16.5 Å². The van der Waals surface area contributed by atoms with Crippen molar-refractivity contribution in [1.82, 2.24) is 9.97 Å². The van der Waals surface area contributed by atoms with Gasteiger partial charge >= 0.3 is 0 Å². The molecule has 0 spiro atoms. The van der Waals surface area contributed by atoms with E-state index >= 15 is 0 Å². The predicted octanol–water partition coefficient (Wildman–Crippen LogP) is 6.36. The van der Waals surface area contributed by atoms with Crippen LogP contribution in [0.25, 0.3) is 44.1 Å². The largest absolute Gasteiger partial charge is 0.399 e. The number of hydrogen-bond acceptors (Lipinski definition) is 4. The van der Waals surface area contributed by atoms with Gasteiger partial charge in [0, 0.05) is 34.3 Å². The summed E-state index contributed by atoms with van der Waals surface area (Å²) in [4.78, 5) is 41.1. The molecule has 0 radical (unpaired) electrons. The maximum absolute atomic E-state index is 11.6. The van der Waals surface area contributed by atoms with Gasteiger partial charge in [0.15, 0.2) is 5.78 Å². The lowest BCUT2D eigenvalue weighted by atomic mass is 9.96. The fourth-order valence-electron chi connectivity index (χ4n) is 5.45. The molecular formula is C36H33N5O3. The van der Waals surface area contributed by atoms with Gasteiger partial charge in [0.05, 0.1) is 22.2 Å². The second kappa shape index (κ2) is 12.1. The Bertz CT molecular complexity index is 2080. The summed E-state index contributed by atoms with van der Waals surface area (Å²) in [5.74, 6) is -0.909. The van der Waals surface area contributed by atoms with Crippen molar-refractivity contribution in [2.24, 2.45) is 11.5 Å². The summed E-state index contributed by atoms with van der Waals surface area (Å²) in [6, 6.07) is 26.8. The molecule has 8 nitrogen and oxygen atoms in total. The number of amides is 2. The van der Waals surface area contributed by atoms with Crippen LogP contribution in [0, 0.1) is 13.8 Å². The molecule has 2 aromatic heterocycles. The van der Waals surface area contributed by atoms with Crippen molar-refractivity contribution in [1.29, 1.82) is 0 Å². The molecule has 0 saturated heterocycles. The fourth-order valence-corrected chi connectivity index (χ4v) is 5.45. The van der Waals surface area contributed by atoms with Crippen LogP contribution in [0.1, 0.15) is 37.7 Å². The molecule has 220 valence electrons. The second-order valence-corrected chi connectivity index (χ2v) is 10.7. The van der Waals surface area contributed by atoms with Gasteiger partial charge in [-0.1, -0.05) is 55.1 Å². The minimum absolute atomic E-state index is 0.0149. The Morgan fingerprint density at radius 2 is 1.20 bits per heavy atom. The summed E-state index contributed by atoms with van der Waals surface area (Å²) in [6.45, 7) is 7.40. The van der Waals surface area contributed by atoms with Crippen LogP contribution in [0.15, 0.2) is 97.6 Å². The first-order valence-corrected chi connectivity index (χ1v) is 14.0. The number of ketones is 1. The van der Waals surface area contributed by atoms with Crippen molar-refractivity contribution in [3.8, 4) is 22.3 Å². The van der Waals surface area contributed by atoms with E-state index in [9.17, 15) is 14.4 Å². The zero-order valence-corrected chi connectivity index (χ0v) is 24.5. The van der Waals surface area contributed by atoms with E-state index in [1.165, 1.54) is 6.08 Å². The number of primary amides is 2. The number of benzene rings is 4. The Kier molecular flexibility index (Phi) is 8.17. The van der Waals surface area contributed by atoms with Crippen molar-refractivity contribution in [3.63, 3.8) is 0 Å². The van der Waals surface area contributed by atoms with Gasteiger partial charge in [-0.05, 0) is 84.1 Å². The van der Waals surface area contributed by atoms with Gasteiger partial charge in [0.1, 0.15) is 0 Å². The molecule has 44 heavy (non-hydrogen) atoms. The molecular weight excluding hydrogens is 550 g/mol. The molecule has 8 heteroatoms. The molecule has 6 rings (SSSR count). The van der Waals surface area contributed by atoms with Gasteiger partial charge in [-0.3, -0.25) is 14.4 Å². The van der Waals surface area contributed by atoms with E-state index < -0.39 is 11.8 Å². The Balaban J connectivity index is 0.000000177. The number of allylic oxidation sites excluding steroid dienone is 1. The number of nitrogen functional groups attached to an aromatic ring is 1. The van der Waals surface area contributed by atoms with Crippen LogP contribution in [0.3, 0.4) is 0 Å². The number of rotatable bonds is 7. The SMILES string of the molecule is C=CC(=O)Cc1cccc(-c2ccc(C(N)=O)c3[nH]c(C)cc23)c1.Cc1cc2c(-c3cccc(N)c3)ccc(C(N)=O)c2[nH]1. The van der Waals surface area contributed by atoms with Crippen LogP contribution < -0.4 is 17.2 Å². The number of nitrogens with one attached hydrogen (secondary N) is 2. The average molecular weight is 584 g/mol. The number of aromatic nitrogens is 2. The Morgan fingerprint density at radius 1 is 0.705 bits per heavy atom. The molecule has 2 heterocycles. The summed E-state index contributed by atoms with van der Waals surface area (Å²) in [5.41, 5.74) is 26.8. The number of anilines is 1. The molecule has 0 unspecified atom stereocenters. The topological polar surface area (TPSA) is 161 Å². The highest BCUT2D eigenvalue weighted by Gasteiger charge is 2.15. The fraction of sp³-hybridized carbons (Fsp3) is 0.0833. The number of fused-ring (bicyclic) bond motifs is 2. The highest BCUT2D eigenvalue weighted by Crippen LogP contribution is 2.33. The summed E-state index contributed by atoms with van der Waals surface area (Å²) < 4.78 is 0. The van der Waals surface area contributed by atoms with E-state index in [1.54, 1.807) is 12.1 Å². The highest BCUT2D eigenvalue weighted by atomic mass is 16.1. The van der Waals surface area contributed by atoms with Crippen LogP contribution in [0.2, 0.25) is 0 Å². The Hall–Kier alpha value is -5.89. The summed E-state index contributed by atoms with van der Waals surface area (Å²) in [6.07, 6.45) is 1.66. The molecule has 0 aliphatic heterocycles. The normalized spacial score (nSPS) is 10.8. The number of H-pyrrole nitrogens is 2. The molecule has 2 amide bonds. The van der Waals surface area contributed by atoms with Crippen molar-refractivity contribution >= 4 is 45.1 Å². The van der Waals surface area contributed by atoms with Gasteiger partial charge < -0.3 is 27.2 Å². The van der Waals surface area contributed by atoms with Crippen molar-refractivity contribution in [3.05, 3.63) is 126 Å². The standard InChI is InChI=1S/C20H18N2O2.C16H15N3O/c1-3-15(23)11-13-5-4-6-14(10-13)16-7-8-17(20(21)24)19-18(16)9-12(2)22-19;1-9-7-14-12(10-3-2-4-11(17)8-10)5-6-13(16(18)20)15(14)19-9/h3-10,22H,1,11H2,2H3,(H2,21,24);2-8,19H,17H2,1H3,(H2,18,20). The number of nitrogens with two attached hydrogens (primary N) is 3. The molecule has 8 N–H and O–H groups in total. The lowest BCUT2D eigenvalue weighted by Gasteiger charge is -2.08. The minimum atomic E-state index is -0.460. The zero-order valence-electron chi connectivity index (χ0n) is 24.5. The minimum Gasteiger partial charge on any atom is -0.399 e. The molecule has 4 aromatic carbocycles. The maximum Gasteiger partial charge on any atom is 0.250 e. The molecule has 0 saturated carbocycles. The van der Waals surface area contributed by atoms with E-state index in [1.807, 2.05) is 86.6 Å². The van der Waals surface area contributed by atoms with Gasteiger partial charge in [-0.2, -0.15) is 0 Å². The number of aromatic amines is 2. The van der Waals surface area contributed by atoms with Gasteiger partial charge in [-0.25, -0.2) is 0 Å². The first-order valence-electron chi connectivity index (χ1n) is 14.0. The van der Waals surface area contributed by atoms with E-state index in [4.69, 9.17) is 17.2 Å². The third-order valence-corrected chi connectivity index (χ3v) is 7.43. The smallest absolute Gasteiger partial charge is 0.250 e. The molecule has 0 atom stereocenters. The molecule has 0 aliphatic rings. The monoisotopic (exact) mass is 583 g/mol. The van der Waals surface area contributed by atoms with Crippen molar-refractivity contribution in [2.45, 2.75) is 20.3 Å². The number of carbonyl (C=O) groups is 3. The lowest BCUT2D eigenvalue weighted by molar-refractivity contribution is -0.114. The predicted molar refractivity (Wildman–Crippen MR) is 177 cm³/mol. The second-order valence-electron chi connectivity index (χ2n) is 10.7. The van der Waals surface area contributed by atoms with Crippen LogP contribution in [0.5, 0.6) is 0 Å². The van der Waals surface area contributed by atoms with Crippen molar-refractivity contribution < 1.29 is 14.4 Å². The zero-order chi connectivity index (χ0) is 31.5. The van der Waals surface area contributed by atoms with Crippen LogP contribution in [0.4, 0.5) is 5.69 Å². The van der Waals surface area contributed by atoms with Gasteiger partial charge in [0.2, 0.25) is 0 Å². The Morgan fingerprint density at radius 3 is 1.68 bits per heavy atom. The third kappa shape index (κ3) is 6.00. The summed E-state index contributed by atoms with van der Waals surface area (Å²) in [7, 11) is 0.